The predicted octanol–water partition coefficient (Wildman–Crippen LogP) is 4.28. The predicted molar refractivity (Wildman–Crippen MR) is 85.6 cm³/mol. The van der Waals surface area contributed by atoms with Crippen LogP contribution in [0.5, 0.6) is 0 Å². The second-order valence-electron chi connectivity index (χ2n) is 4.05. The van der Waals surface area contributed by atoms with Crippen LogP contribution in [-0.2, 0) is 6.42 Å². The van der Waals surface area contributed by atoms with Crippen LogP contribution < -0.4 is 5.46 Å². The maximum Gasteiger partial charge on any atom is 0.169 e. The highest BCUT2D eigenvalue weighted by Gasteiger charge is 2.03. The average molecular weight is 259 g/mol. The lowest BCUT2D eigenvalue weighted by atomic mass is 9.49. The van der Waals surface area contributed by atoms with Crippen molar-refractivity contribution in [3.8, 4) is 0 Å². The second-order valence-corrected chi connectivity index (χ2v) is 4.05. The van der Waals surface area contributed by atoms with Gasteiger partial charge in [-0.25, -0.2) is 0 Å². The molecule has 19 heavy (non-hydrogen) atoms. The van der Waals surface area contributed by atoms with E-state index in [2.05, 4.69) is 43.1 Å². The molecule has 1 aromatic carbocycles. The summed E-state index contributed by atoms with van der Waals surface area (Å²) in [6.07, 6.45) is 2.50. The highest BCUT2D eigenvalue weighted by molar-refractivity contribution is 6.70. The molecular formula is C16H26BNO. The summed E-state index contributed by atoms with van der Waals surface area (Å²) in [5, 5.41) is 3.69. The molecule has 0 atom stereocenters. The van der Waals surface area contributed by atoms with Crippen LogP contribution in [0.2, 0.25) is 13.6 Å². The van der Waals surface area contributed by atoms with E-state index in [9.17, 15) is 0 Å². The molecule has 1 aromatic heterocycles. The molecule has 0 aliphatic carbocycles. The Labute approximate surface area is 118 Å². The van der Waals surface area contributed by atoms with Gasteiger partial charge in [0, 0.05) is 12.5 Å². The van der Waals surface area contributed by atoms with E-state index in [4.69, 9.17) is 4.52 Å². The van der Waals surface area contributed by atoms with Crippen molar-refractivity contribution in [1.29, 1.82) is 0 Å². The molecule has 104 valence electrons. The first-order chi connectivity index (χ1) is 9.25. The van der Waals surface area contributed by atoms with E-state index in [0.717, 1.165) is 12.2 Å². The van der Waals surface area contributed by atoms with Crippen LogP contribution in [0.1, 0.15) is 39.0 Å². The van der Waals surface area contributed by atoms with Crippen molar-refractivity contribution in [1.82, 2.24) is 5.16 Å². The SMILES string of the molecule is CB(C)c1ccc(Cc2ccno2)cc1.CC.CC. The highest BCUT2D eigenvalue weighted by atomic mass is 16.5. The number of aromatic nitrogens is 1. The third-order valence-electron chi connectivity index (χ3n) is 2.52. The first kappa shape index (κ1) is 17.5. The van der Waals surface area contributed by atoms with Gasteiger partial charge in [-0.1, -0.05) is 76.2 Å². The van der Waals surface area contributed by atoms with Gasteiger partial charge in [0.2, 0.25) is 0 Å². The summed E-state index contributed by atoms with van der Waals surface area (Å²) >= 11 is 0. The molecule has 0 unspecified atom stereocenters. The lowest BCUT2D eigenvalue weighted by Crippen LogP contribution is -2.21. The normalized spacial score (nSPS) is 8.74. The lowest BCUT2D eigenvalue weighted by Gasteiger charge is -2.03. The van der Waals surface area contributed by atoms with Crippen molar-refractivity contribution in [2.24, 2.45) is 0 Å². The fourth-order valence-electron chi connectivity index (χ4n) is 1.55. The minimum Gasteiger partial charge on any atom is -0.361 e. The van der Waals surface area contributed by atoms with Gasteiger partial charge in [-0.2, -0.15) is 0 Å². The highest BCUT2D eigenvalue weighted by Crippen LogP contribution is 2.07. The molecule has 0 N–H and O–H groups in total. The van der Waals surface area contributed by atoms with E-state index in [1.54, 1.807) is 6.20 Å². The first-order valence-electron chi connectivity index (χ1n) is 7.24. The van der Waals surface area contributed by atoms with E-state index in [-0.39, 0.29) is 0 Å². The molecule has 0 aliphatic rings. The van der Waals surface area contributed by atoms with Crippen molar-refractivity contribution in [3.63, 3.8) is 0 Å². The molecule has 0 amide bonds. The largest absolute Gasteiger partial charge is 0.361 e. The van der Waals surface area contributed by atoms with Crippen LogP contribution in [0, 0.1) is 0 Å². The number of hydrogen-bond acceptors (Lipinski definition) is 2. The van der Waals surface area contributed by atoms with Crippen molar-refractivity contribution >= 4 is 12.2 Å². The summed E-state index contributed by atoms with van der Waals surface area (Å²) in [6, 6.07) is 10.6. The zero-order valence-corrected chi connectivity index (χ0v) is 13.1. The maximum absolute atomic E-state index is 5.07. The standard InChI is InChI=1S/C12H14BNO.2C2H6/c1-13(2)11-5-3-10(4-6-11)9-12-7-8-14-15-12;2*1-2/h3-8H,9H2,1-2H3;2*1-2H3. The van der Waals surface area contributed by atoms with Crippen LogP contribution in [0.15, 0.2) is 41.1 Å². The Bertz CT molecular complexity index is 407. The third kappa shape index (κ3) is 6.28. The van der Waals surface area contributed by atoms with Gasteiger partial charge in [0.25, 0.3) is 0 Å². The van der Waals surface area contributed by atoms with Gasteiger partial charge in [0.05, 0.1) is 6.20 Å². The summed E-state index contributed by atoms with van der Waals surface area (Å²) in [7, 11) is 0. The molecule has 0 radical (unpaired) electrons. The Hall–Kier alpha value is -1.51. The van der Waals surface area contributed by atoms with Gasteiger partial charge >= 0.3 is 0 Å². The smallest absolute Gasteiger partial charge is 0.169 e. The van der Waals surface area contributed by atoms with Gasteiger partial charge in [-0.3, -0.25) is 0 Å². The Morgan fingerprint density at radius 3 is 1.95 bits per heavy atom. The average Bonchev–Trinajstić information content (AvgIpc) is 2.97. The van der Waals surface area contributed by atoms with Gasteiger partial charge < -0.3 is 4.52 Å². The van der Waals surface area contributed by atoms with Crippen molar-refractivity contribution in [2.45, 2.75) is 47.8 Å². The summed E-state index contributed by atoms with van der Waals surface area (Å²) in [4.78, 5) is 0. The van der Waals surface area contributed by atoms with E-state index in [1.807, 2.05) is 33.8 Å². The van der Waals surface area contributed by atoms with Crippen LogP contribution in [0.4, 0.5) is 0 Å². The van der Waals surface area contributed by atoms with Gasteiger partial charge in [0.1, 0.15) is 5.76 Å². The Kier molecular flexibility index (Phi) is 9.60. The molecular weight excluding hydrogens is 233 g/mol. The third-order valence-corrected chi connectivity index (χ3v) is 2.52. The monoisotopic (exact) mass is 259 g/mol. The lowest BCUT2D eigenvalue weighted by molar-refractivity contribution is 0.389. The number of benzene rings is 1. The minimum atomic E-state index is 0.587. The number of hydrogen-bond donors (Lipinski definition) is 0. The molecule has 2 aromatic rings. The zero-order chi connectivity index (χ0) is 14.7. The van der Waals surface area contributed by atoms with Gasteiger partial charge in [-0.15, -0.1) is 0 Å². The molecule has 0 spiro atoms. The van der Waals surface area contributed by atoms with Crippen LogP contribution in [-0.4, -0.2) is 11.9 Å². The Morgan fingerprint density at radius 1 is 0.947 bits per heavy atom. The number of rotatable bonds is 3. The molecule has 0 saturated carbocycles. The van der Waals surface area contributed by atoms with Crippen LogP contribution >= 0.6 is 0 Å². The van der Waals surface area contributed by atoms with Crippen LogP contribution in [0.25, 0.3) is 0 Å². The molecule has 0 bridgehead atoms. The quantitative estimate of drug-likeness (QED) is 0.769. The molecule has 2 nitrogen and oxygen atoms in total. The van der Waals surface area contributed by atoms with Crippen molar-refractivity contribution in [2.75, 3.05) is 0 Å². The van der Waals surface area contributed by atoms with Crippen molar-refractivity contribution < 1.29 is 4.52 Å². The zero-order valence-electron chi connectivity index (χ0n) is 13.1. The van der Waals surface area contributed by atoms with Crippen molar-refractivity contribution in [3.05, 3.63) is 47.9 Å². The van der Waals surface area contributed by atoms with E-state index < -0.39 is 0 Å². The molecule has 3 heteroatoms. The second kappa shape index (κ2) is 10.4. The molecule has 2 rings (SSSR count). The summed E-state index contributed by atoms with van der Waals surface area (Å²) in [5.41, 5.74) is 2.63. The summed E-state index contributed by atoms with van der Waals surface area (Å²) in [6.45, 7) is 13.0. The van der Waals surface area contributed by atoms with E-state index in [0.29, 0.717) is 6.71 Å². The summed E-state index contributed by atoms with van der Waals surface area (Å²) < 4.78 is 5.07. The van der Waals surface area contributed by atoms with Gasteiger partial charge in [0.15, 0.2) is 6.71 Å². The van der Waals surface area contributed by atoms with E-state index in [1.165, 1.54) is 11.0 Å². The maximum atomic E-state index is 5.07. The fraction of sp³-hybridized carbons (Fsp3) is 0.438. The molecule has 0 fully saturated rings. The van der Waals surface area contributed by atoms with Gasteiger partial charge in [-0.05, 0) is 5.56 Å². The topological polar surface area (TPSA) is 26.0 Å². The fourth-order valence-corrected chi connectivity index (χ4v) is 1.55. The number of nitrogens with zero attached hydrogens (tertiary/aromatic N) is 1. The molecule has 0 aliphatic heterocycles. The molecule has 0 saturated heterocycles. The summed E-state index contributed by atoms with van der Waals surface area (Å²) in [5.74, 6) is 0.910. The Balaban J connectivity index is 0.000000741. The Morgan fingerprint density at radius 2 is 1.53 bits per heavy atom. The van der Waals surface area contributed by atoms with Crippen LogP contribution in [0.3, 0.4) is 0 Å². The van der Waals surface area contributed by atoms with E-state index >= 15 is 0 Å². The first-order valence-corrected chi connectivity index (χ1v) is 7.24. The minimum absolute atomic E-state index is 0.587. The molecule has 1 heterocycles.